The molecule has 3 N–H and O–H groups in total. The molecule has 1 aromatic carbocycles. The van der Waals surface area contributed by atoms with Gasteiger partial charge in [0.2, 0.25) is 10.0 Å². The molecule has 0 amide bonds. The number of carboxylic acid groups (broad SMARTS) is 1. The van der Waals surface area contributed by atoms with E-state index in [1.165, 1.54) is 12.3 Å². The van der Waals surface area contributed by atoms with Crippen molar-refractivity contribution in [3.8, 4) is 0 Å². The normalized spacial score (nSPS) is 11.5. The molecule has 9 heteroatoms. The van der Waals surface area contributed by atoms with Crippen LogP contribution in [0, 0.1) is 6.92 Å². The molecule has 2 rings (SSSR count). The Morgan fingerprint density at radius 2 is 2.19 bits per heavy atom. The lowest BCUT2D eigenvalue weighted by Crippen LogP contribution is -2.24. The first-order chi connectivity index (χ1) is 9.81. The summed E-state index contributed by atoms with van der Waals surface area (Å²) in [6, 6.07) is 2.51. The Balaban J connectivity index is 2.37. The number of halogens is 1. The van der Waals surface area contributed by atoms with Gasteiger partial charge in [0.05, 0.1) is 16.7 Å². The number of carboxylic acids is 1. The molecular formula is C12H12BrN3O4S. The van der Waals surface area contributed by atoms with E-state index in [0.717, 1.165) is 6.07 Å². The Morgan fingerprint density at radius 3 is 2.76 bits per heavy atom. The zero-order valence-corrected chi connectivity index (χ0v) is 13.3. The monoisotopic (exact) mass is 373 g/mol. The predicted molar refractivity (Wildman–Crippen MR) is 78.5 cm³/mol. The first-order valence-corrected chi connectivity index (χ1v) is 8.09. The van der Waals surface area contributed by atoms with Gasteiger partial charge in [-0.05, 0) is 24.6 Å². The number of aromatic amines is 1. The highest BCUT2D eigenvalue weighted by molar-refractivity contribution is 9.10. The number of H-pyrrole nitrogens is 1. The second-order valence-electron chi connectivity index (χ2n) is 4.32. The Bertz CT molecular complexity index is 772. The molecule has 112 valence electrons. The highest BCUT2D eigenvalue weighted by Gasteiger charge is 2.21. The minimum atomic E-state index is -3.83. The van der Waals surface area contributed by atoms with Gasteiger partial charge >= 0.3 is 5.97 Å². The van der Waals surface area contributed by atoms with E-state index in [9.17, 15) is 13.2 Å². The van der Waals surface area contributed by atoms with Crippen molar-refractivity contribution >= 4 is 31.9 Å². The van der Waals surface area contributed by atoms with E-state index in [1.54, 1.807) is 13.1 Å². The zero-order chi connectivity index (χ0) is 15.6. The van der Waals surface area contributed by atoms with Gasteiger partial charge < -0.3 is 5.11 Å². The molecule has 7 nitrogen and oxygen atoms in total. The summed E-state index contributed by atoms with van der Waals surface area (Å²) in [4.78, 5) is 11.0. The van der Waals surface area contributed by atoms with Crippen molar-refractivity contribution in [3.63, 3.8) is 0 Å². The summed E-state index contributed by atoms with van der Waals surface area (Å²) in [6.45, 7) is 1.66. The maximum atomic E-state index is 12.3. The molecule has 0 unspecified atom stereocenters. The standard InChI is InChI=1S/C12H12BrN3O4S/c1-7-10(13)2-9(12(17)18)3-11(7)21(19,20)16-6-8-4-14-15-5-8/h2-5,16H,6H2,1H3,(H,14,15)(H,17,18). The van der Waals surface area contributed by atoms with Gasteiger partial charge in [-0.2, -0.15) is 5.10 Å². The third-order valence-corrected chi connectivity index (χ3v) is 5.21. The first kappa shape index (κ1) is 15.7. The van der Waals surface area contributed by atoms with Crippen molar-refractivity contribution in [2.75, 3.05) is 0 Å². The summed E-state index contributed by atoms with van der Waals surface area (Å²) >= 11 is 3.18. The highest BCUT2D eigenvalue weighted by Crippen LogP contribution is 2.26. The minimum Gasteiger partial charge on any atom is -0.478 e. The van der Waals surface area contributed by atoms with Crippen LogP contribution in [0.1, 0.15) is 21.5 Å². The number of benzene rings is 1. The molecule has 0 aliphatic heterocycles. The van der Waals surface area contributed by atoms with Crippen molar-refractivity contribution in [2.24, 2.45) is 0 Å². The molecule has 0 radical (unpaired) electrons. The van der Waals surface area contributed by atoms with Crippen molar-refractivity contribution in [1.82, 2.24) is 14.9 Å². The van der Waals surface area contributed by atoms with Crippen LogP contribution in [0.15, 0.2) is 33.9 Å². The third-order valence-electron chi connectivity index (χ3n) is 2.85. The van der Waals surface area contributed by atoms with Gasteiger partial charge in [0, 0.05) is 22.8 Å². The molecule has 1 aromatic heterocycles. The molecule has 0 saturated carbocycles. The molecule has 0 saturated heterocycles. The molecule has 0 aliphatic rings. The minimum absolute atomic E-state index is 0.0627. The molecule has 0 aliphatic carbocycles. The fourth-order valence-electron chi connectivity index (χ4n) is 1.69. The predicted octanol–water partition coefficient (Wildman–Crippen LogP) is 1.66. The van der Waals surface area contributed by atoms with Crippen LogP contribution in [0.5, 0.6) is 0 Å². The molecule has 0 atom stereocenters. The smallest absolute Gasteiger partial charge is 0.335 e. The van der Waals surface area contributed by atoms with Crippen molar-refractivity contribution in [3.05, 3.63) is 45.7 Å². The van der Waals surface area contributed by atoms with E-state index in [4.69, 9.17) is 5.11 Å². The van der Waals surface area contributed by atoms with Crippen LogP contribution in [0.2, 0.25) is 0 Å². The molecule has 21 heavy (non-hydrogen) atoms. The second-order valence-corrected chi connectivity index (χ2v) is 6.91. The summed E-state index contributed by atoms with van der Waals surface area (Å²) < 4.78 is 27.5. The number of aromatic carboxylic acids is 1. The van der Waals surface area contributed by atoms with E-state index in [1.807, 2.05) is 0 Å². The average Bonchev–Trinajstić information content (AvgIpc) is 2.92. The van der Waals surface area contributed by atoms with E-state index in [-0.39, 0.29) is 17.0 Å². The van der Waals surface area contributed by atoms with Crippen LogP contribution in [0.4, 0.5) is 0 Å². The molecule has 0 fully saturated rings. The lowest BCUT2D eigenvalue weighted by molar-refractivity contribution is 0.0696. The average molecular weight is 374 g/mol. The number of sulfonamides is 1. The number of rotatable bonds is 5. The number of carbonyl (C=O) groups is 1. The largest absolute Gasteiger partial charge is 0.478 e. The van der Waals surface area contributed by atoms with Crippen LogP contribution in [0.3, 0.4) is 0 Å². The van der Waals surface area contributed by atoms with Gasteiger partial charge in [0.1, 0.15) is 0 Å². The molecule has 1 heterocycles. The zero-order valence-electron chi connectivity index (χ0n) is 10.9. The number of hydrogen-bond acceptors (Lipinski definition) is 4. The van der Waals surface area contributed by atoms with Crippen LogP contribution in [-0.4, -0.2) is 29.7 Å². The molecule has 2 aromatic rings. The lowest BCUT2D eigenvalue weighted by Gasteiger charge is -2.11. The van der Waals surface area contributed by atoms with E-state index in [2.05, 4.69) is 30.8 Å². The number of nitrogens with one attached hydrogen (secondary N) is 2. The van der Waals surface area contributed by atoms with E-state index in [0.29, 0.717) is 15.6 Å². The number of nitrogens with zero attached hydrogens (tertiary/aromatic N) is 1. The van der Waals surface area contributed by atoms with Crippen molar-refractivity contribution in [2.45, 2.75) is 18.4 Å². The maximum Gasteiger partial charge on any atom is 0.335 e. The molecule has 0 spiro atoms. The first-order valence-electron chi connectivity index (χ1n) is 5.82. The Labute approximate surface area is 129 Å². The SMILES string of the molecule is Cc1c(Br)cc(C(=O)O)cc1S(=O)(=O)NCc1cn[nH]c1. The van der Waals surface area contributed by atoms with Crippen LogP contribution in [0.25, 0.3) is 0 Å². The Hall–Kier alpha value is -1.71. The second kappa shape index (κ2) is 5.96. The number of aromatic nitrogens is 2. The number of hydrogen-bond donors (Lipinski definition) is 3. The van der Waals surface area contributed by atoms with Crippen LogP contribution < -0.4 is 4.72 Å². The van der Waals surface area contributed by atoms with E-state index < -0.39 is 16.0 Å². The summed E-state index contributed by atoms with van der Waals surface area (Å²) in [5, 5.41) is 15.3. The van der Waals surface area contributed by atoms with Gasteiger partial charge in [0.15, 0.2) is 0 Å². The lowest BCUT2D eigenvalue weighted by atomic mass is 10.1. The van der Waals surface area contributed by atoms with Gasteiger partial charge in [0.25, 0.3) is 0 Å². The van der Waals surface area contributed by atoms with Crippen LogP contribution in [-0.2, 0) is 16.6 Å². The maximum absolute atomic E-state index is 12.3. The van der Waals surface area contributed by atoms with Crippen LogP contribution >= 0.6 is 15.9 Å². The van der Waals surface area contributed by atoms with Crippen molar-refractivity contribution < 1.29 is 18.3 Å². The van der Waals surface area contributed by atoms with Gasteiger partial charge in [-0.1, -0.05) is 15.9 Å². The van der Waals surface area contributed by atoms with E-state index >= 15 is 0 Å². The fraction of sp³-hybridized carbons (Fsp3) is 0.167. The summed E-state index contributed by atoms with van der Waals surface area (Å²) in [7, 11) is -3.83. The Morgan fingerprint density at radius 1 is 1.48 bits per heavy atom. The summed E-state index contributed by atoms with van der Waals surface area (Å²) in [5.74, 6) is -1.19. The van der Waals surface area contributed by atoms with Gasteiger partial charge in [-0.15, -0.1) is 0 Å². The summed E-state index contributed by atoms with van der Waals surface area (Å²) in [6.07, 6.45) is 3.07. The quantitative estimate of drug-likeness (QED) is 0.737. The Kier molecular flexibility index (Phi) is 4.45. The van der Waals surface area contributed by atoms with Crippen molar-refractivity contribution in [1.29, 1.82) is 0 Å². The topological polar surface area (TPSA) is 112 Å². The van der Waals surface area contributed by atoms with Gasteiger partial charge in [-0.3, -0.25) is 5.10 Å². The highest BCUT2D eigenvalue weighted by atomic mass is 79.9. The van der Waals surface area contributed by atoms with Gasteiger partial charge in [-0.25, -0.2) is 17.9 Å². The third kappa shape index (κ3) is 3.49. The molecular weight excluding hydrogens is 362 g/mol. The summed E-state index contributed by atoms with van der Waals surface area (Å²) in [5.41, 5.74) is 1.01. The molecule has 0 bridgehead atoms. The fourth-order valence-corrected chi connectivity index (χ4v) is 3.59.